The van der Waals surface area contributed by atoms with Gasteiger partial charge in [0.05, 0.1) is 6.04 Å². The second-order valence-electron chi connectivity index (χ2n) is 4.17. The van der Waals surface area contributed by atoms with Crippen LogP contribution < -0.4 is 4.90 Å². The van der Waals surface area contributed by atoms with Gasteiger partial charge in [0.15, 0.2) is 0 Å². The Labute approximate surface area is 123 Å². The maximum Gasteiger partial charge on any atom is 0.451 e. The van der Waals surface area contributed by atoms with Crippen LogP contribution in [-0.4, -0.2) is 17.0 Å². The monoisotopic (exact) mass is 321 g/mol. The summed E-state index contributed by atoms with van der Waals surface area (Å²) >= 11 is 7.18. The molecule has 3 nitrogen and oxygen atoms in total. The Kier molecular flexibility index (Phi) is 4.19. The average Bonchev–Trinajstić information content (AvgIpc) is 2.89. The Morgan fingerprint density at radius 3 is 2.60 bits per heavy atom. The fourth-order valence-corrected chi connectivity index (χ4v) is 2.64. The third-order valence-corrected chi connectivity index (χ3v) is 4.07. The van der Waals surface area contributed by atoms with E-state index in [2.05, 4.69) is 9.97 Å². The minimum Gasteiger partial charge on any atom is -0.352 e. The highest BCUT2D eigenvalue weighted by atomic mass is 35.5. The molecule has 2 aromatic heterocycles. The van der Waals surface area contributed by atoms with Crippen LogP contribution in [0.5, 0.6) is 0 Å². The summed E-state index contributed by atoms with van der Waals surface area (Å²) in [6.07, 6.45) is -4.62. The Morgan fingerprint density at radius 2 is 2.05 bits per heavy atom. The van der Waals surface area contributed by atoms with Gasteiger partial charge in [0.2, 0.25) is 5.82 Å². The third-order valence-electron chi connectivity index (χ3n) is 2.83. The van der Waals surface area contributed by atoms with Crippen molar-refractivity contribution in [3.63, 3.8) is 0 Å². The van der Waals surface area contributed by atoms with Crippen molar-refractivity contribution in [2.24, 2.45) is 0 Å². The van der Waals surface area contributed by atoms with E-state index in [0.29, 0.717) is 0 Å². The summed E-state index contributed by atoms with van der Waals surface area (Å²) in [6.45, 7) is 1.88. The van der Waals surface area contributed by atoms with E-state index >= 15 is 0 Å². The lowest BCUT2D eigenvalue weighted by molar-refractivity contribution is -0.144. The lowest BCUT2D eigenvalue weighted by Gasteiger charge is -2.25. The van der Waals surface area contributed by atoms with Gasteiger partial charge in [0.25, 0.3) is 0 Å². The molecule has 2 rings (SSSR count). The molecule has 0 aliphatic heterocycles. The SMILES string of the molecule is CC(c1cccs1)N(C)c1cc(Cl)nc(C(F)(F)F)n1. The topological polar surface area (TPSA) is 29.0 Å². The van der Waals surface area contributed by atoms with Crippen LogP contribution in [0.25, 0.3) is 0 Å². The Morgan fingerprint density at radius 1 is 1.35 bits per heavy atom. The lowest BCUT2D eigenvalue weighted by Crippen LogP contribution is -2.23. The molecule has 2 aromatic rings. The number of rotatable bonds is 3. The molecule has 1 unspecified atom stereocenters. The van der Waals surface area contributed by atoms with Gasteiger partial charge in [0.1, 0.15) is 11.0 Å². The molecule has 8 heteroatoms. The third kappa shape index (κ3) is 3.21. The van der Waals surface area contributed by atoms with E-state index in [9.17, 15) is 13.2 Å². The van der Waals surface area contributed by atoms with Crippen LogP contribution in [0.15, 0.2) is 23.6 Å². The summed E-state index contributed by atoms with van der Waals surface area (Å²) in [5.74, 6) is -1.09. The van der Waals surface area contributed by atoms with Crippen LogP contribution in [0.4, 0.5) is 19.0 Å². The molecule has 0 saturated heterocycles. The highest BCUT2D eigenvalue weighted by molar-refractivity contribution is 7.10. The summed E-state index contributed by atoms with van der Waals surface area (Å²) in [5, 5.41) is 1.68. The summed E-state index contributed by atoms with van der Waals surface area (Å²) in [7, 11) is 1.67. The molecule has 20 heavy (non-hydrogen) atoms. The first-order chi connectivity index (χ1) is 9.29. The highest BCUT2D eigenvalue weighted by Crippen LogP contribution is 2.32. The normalized spacial score (nSPS) is 13.3. The molecule has 0 fully saturated rings. The minimum atomic E-state index is -4.62. The molecule has 0 radical (unpaired) electrons. The van der Waals surface area contributed by atoms with Gasteiger partial charge in [-0.25, -0.2) is 9.97 Å². The summed E-state index contributed by atoms with van der Waals surface area (Å²) in [4.78, 5) is 9.42. The van der Waals surface area contributed by atoms with Crippen molar-refractivity contribution >= 4 is 28.8 Å². The van der Waals surface area contributed by atoms with Crippen molar-refractivity contribution in [2.45, 2.75) is 19.1 Å². The standard InChI is InChI=1S/C12H11ClF3N3S/c1-7(8-4-3-5-20-8)19(2)10-6-9(13)17-11(18-10)12(14,15)16/h3-7H,1-2H3. The van der Waals surface area contributed by atoms with Gasteiger partial charge in [-0.3, -0.25) is 0 Å². The summed E-state index contributed by atoms with van der Waals surface area (Å²) in [5.41, 5.74) is 0. The van der Waals surface area contributed by atoms with E-state index in [1.165, 1.54) is 17.4 Å². The zero-order chi connectivity index (χ0) is 14.9. The summed E-state index contributed by atoms with van der Waals surface area (Å²) < 4.78 is 38.1. The van der Waals surface area contributed by atoms with Crippen molar-refractivity contribution in [3.8, 4) is 0 Å². The van der Waals surface area contributed by atoms with Crippen LogP contribution in [0, 0.1) is 0 Å². The number of hydrogen-bond donors (Lipinski definition) is 0. The largest absolute Gasteiger partial charge is 0.451 e. The first-order valence-corrected chi connectivity index (χ1v) is 6.93. The van der Waals surface area contributed by atoms with Crippen molar-refractivity contribution in [1.82, 2.24) is 9.97 Å². The van der Waals surface area contributed by atoms with E-state index in [1.807, 2.05) is 24.4 Å². The number of nitrogens with zero attached hydrogens (tertiary/aromatic N) is 3. The highest BCUT2D eigenvalue weighted by Gasteiger charge is 2.35. The molecule has 1 atom stereocenters. The predicted molar refractivity (Wildman–Crippen MR) is 73.2 cm³/mol. The van der Waals surface area contributed by atoms with Crippen LogP contribution in [0.1, 0.15) is 23.7 Å². The first-order valence-electron chi connectivity index (χ1n) is 5.67. The molecule has 0 aliphatic rings. The fraction of sp³-hybridized carbons (Fsp3) is 0.333. The zero-order valence-corrected chi connectivity index (χ0v) is 12.2. The van der Waals surface area contributed by atoms with E-state index in [1.54, 1.807) is 11.9 Å². The fourth-order valence-electron chi connectivity index (χ4n) is 1.63. The molecule has 0 N–H and O–H groups in total. The second-order valence-corrected chi connectivity index (χ2v) is 5.54. The minimum absolute atomic E-state index is 0.109. The maximum atomic E-state index is 12.7. The van der Waals surface area contributed by atoms with E-state index in [0.717, 1.165) is 4.88 Å². The van der Waals surface area contributed by atoms with Crippen molar-refractivity contribution < 1.29 is 13.2 Å². The maximum absolute atomic E-state index is 12.7. The van der Waals surface area contributed by atoms with E-state index in [4.69, 9.17) is 11.6 Å². The summed E-state index contributed by atoms with van der Waals surface area (Å²) in [6, 6.07) is 5.01. The Hall–Kier alpha value is -1.34. The number of hydrogen-bond acceptors (Lipinski definition) is 4. The molecule has 2 heterocycles. The lowest BCUT2D eigenvalue weighted by atomic mass is 10.2. The molecule has 0 amide bonds. The van der Waals surface area contributed by atoms with Gasteiger partial charge in [-0.2, -0.15) is 13.2 Å². The molecular formula is C12H11ClF3N3S. The van der Waals surface area contributed by atoms with Gasteiger partial charge in [-0.15, -0.1) is 11.3 Å². The van der Waals surface area contributed by atoms with Gasteiger partial charge < -0.3 is 4.90 Å². The number of alkyl halides is 3. The van der Waals surface area contributed by atoms with E-state index in [-0.39, 0.29) is 17.0 Å². The average molecular weight is 322 g/mol. The number of halogens is 4. The van der Waals surface area contributed by atoms with Crippen molar-refractivity contribution in [3.05, 3.63) is 39.4 Å². The Balaban J connectivity index is 2.35. The quantitative estimate of drug-likeness (QED) is 0.784. The number of thiophene rings is 1. The smallest absolute Gasteiger partial charge is 0.352 e. The molecular weight excluding hydrogens is 311 g/mol. The first kappa shape index (κ1) is 15.1. The van der Waals surface area contributed by atoms with Gasteiger partial charge in [-0.1, -0.05) is 17.7 Å². The predicted octanol–water partition coefficient (Wildman–Crippen LogP) is 4.41. The molecule has 0 aliphatic carbocycles. The molecule has 0 spiro atoms. The number of aromatic nitrogens is 2. The van der Waals surface area contributed by atoms with Gasteiger partial charge in [0, 0.05) is 18.0 Å². The van der Waals surface area contributed by atoms with E-state index < -0.39 is 12.0 Å². The van der Waals surface area contributed by atoms with Gasteiger partial charge >= 0.3 is 6.18 Å². The van der Waals surface area contributed by atoms with Crippen LogP contribution in [-0.2, 0) is 6.18 Å². The number of anilines is 1. The van der Waals surface area contributed by atoms with Crippen LogP contribution in [0.2, 0.25) is 5.15 Å². The second kappa shape index (κ2) is 5.57. The van der Waals surface area contributed by atoms with Crippen LogP contribution in [0.3, 0.4) is 0 Å². The molecule has 0 saturated carbocycles. The molecule has 0 aromatic carbocycles. The zero-order valence-electron chi connectivity index (χ0n) is 10.6. The Bertz CT molecular complexity index is 586. The van der Waals surface area contributed by atoms with Crippen molar-refractivity contribution in [1.29, 1.82) is 0 Å². The van der Waals surface area contributed by atoms with Crippen LogP contribution >= 0.6 is 22.9 Å². The van der Waals surface area contributed by atoms with Gasteiger partial charge in [-0.05, 0) is 18.4 Å². The molecule has 108 valence electrons. The molecule has 0 bridgehead atoms. The van der Waals surface area contributed by atoms with Crippen molar-refractivity contribution in [2.75, 3.05) is 11.9 Å².